The molecule has 0 aliphatic rings. The van der Waals surface area contributed by atoms with Crippen LogP contribution in [-0.2, 0) is 0 Å². The lowest BCUT2D eigenvalue weighted by Gasteiger charge is -2.21. The van der Waals surface area contributed by atoms with Gasteiger partial charge in [0.05, 0.1) is 11.0 Å². The summed E-state index contributed by atoms with van der Waals surface area (Å²) >= 11 is 0. The topological polar surface area (TPSA) is 4.93 Å². The van der Waals surface area contributed by atoms with Crippen molar-refractivity contribution in [3.05, 3.63) is 200 Å². The molecule has 1 heteroatoms. The highest BCUT2D eigenvalue weighted by Crippen LogP contribution is 2.50. The summed E-state index contributed by atoms with van der Waals surface area (Å²) in [5.41, 5.74) is 8.71. The highest BCUT2D eigenvalue weighted by Gasteiger charge is 2.23. The SMILES string of the molecule is c1ccc(-n2c3ccccc3c3c4c5ccccc5c(-c5c6ccccc6c(-c6ccc7ccccc7c6)c6ccccc56)cc4c4ccccc4c32)cc1. The van der Waals surface area contributed by atoms with E-state index in [1.807, 2.05) is 0 Å². The smallest absolute Gasteiger partial charge is 0.0626 e. The van der Waals surface area contributed by atoms with Gasteiger partial charge in [0.1, 0.15) is 0 Å². The number of aromatic nitrogens is 1. The fourth-order valence-corrected chi connectivity index (χ4v) is 9.66. The van der Waals surface area contributed by atoms with Gasteiger partial charge in [0.25, 0.3) is 0 Å². The molecule has 0 aliphatic heterocycles. The average molecular weight is 696 g/mol. The second-order valence-electron chi connectivity index (χ2n) is 14.8. The van der Waals surface area contributed by atoms with E-state index in [-0.39, 0.29) is 0 Å². The third kappa shape index (κ3) is 4.30. The van der Waals surface area contributed by atoms with E-state index in [4.69, 9.17) is 0 Å². The molecule has 0 aliphatic carbocycles. The van der Waals surface area contributed by atoms with Crippen LogP contribution in [0.5, 0.6) is 0 Å². The Morgan fingerprint density at radius 3 is 1.53 bits per heavy atom. The summed E-state index contributed by atoms with van der Waals surface area (Å²) in [6.07, 6.45) is 0. The van der Waals surface area contributed by atoms with Crippen LogP contribution in [0.3, 0.4) is 0 Å². The molecule has 1 heterocycles. The maximum absolute atomic E-state index is 2.51. The minimum atomic E-state index is 1.17. The summed E-state index contributed by atoms with van der Waals surface area (Å²) in [7, 11) is 0. The number of nitrogens with zero attached hydrogens (tertiary/aromatic N) is 1. The first-order chi connectivity index (χ1) is 27.3. The number of para-hydroxylation sites is 2. The largest absolute Gasteiger partial charge is 0.309 e. The Kier molecular flexibility index (Phi) is 6.40. The molecule has 12 rings (SSSR count). The zero-order chi connectivity index (χ0) is 36.0. The van der Waals surface area contributed by atoms with Crippen molar-refractivity contribution in [3.8, 4) is 27.9 Å². The molecule has 254 valence electrons. The molecule has 1 aromatic heterocycles. The molecule has 1 nitrogen and oxygen atoms in total. The monoisotopic (exact) mass is 695 g/mol. The second-order valence-corrected chi connectivity index (χ2v) is 14.8. The van der Waals surface area contributed by atoms with Gasteiger partial charge >= 0.3 is 0 Å². The summed E-state index contributed by atoms with van der Waals surface area (Å²) in [5, 5.41) is 17.8. The van der Waals surface area contributed by atoms with Crippen molar-refractivity contribution in [3.63, 3.8) is 0 Å². The van der Waals surface area contributed by atoms with Crippen molar-refractivity contribution in [1.82, 2.24) is 4.57 Å². The highest BCUT2D eigenvalue weighted by molar-refractivity contribution is 6.39. The fraction of sp³-hybridized carbons (Fsp3) is 0. The Hall–Kier alpha value is -7.22. The molecule has 0 atom stereocenters. The van der Waals surface area contributed by atoms with Crippen LogP contribution in [0.15, 0.2) is 200 Å². The molecule has 0 amide bonds. The molecule has 0 spiro atoms. The zero-order valence-electron chi connectivity index (χ0n) is 30.0. The van der Waals surface area contributed by atoms with Crippen molar-refractivity contribution < 1.29 is 0 Å². The molecule has 0 saturated heterocycles. The van der Waals surface area contributed by atoms with E-state index in [1.165, 1.54) is 114 Å². The minimum Gasteiger partial charge on any atom is -0.309 e. The first-order valence-electron chi connectivity index (χ1n) is 19.1. The van der Waals surface area contributed by atoms with Crippen LogP contribution in [-0.4, -0.2) is 4.57 Å². The predicted octanol–water partition coefficient (Wildman–Crippen LogP) is 15.0. The lowest BCUT2D eigenvalue weighted by atomic mass is 9.82. The van der Waals surface area contributed by atoms with Gasteiger partial charge in [0, 0.05) is 27.2 Å². The Morgan fingerprint density at radius 2 is 0.818 bits per heavy atom. The van der Waals surface area contributed by atoms with Crippen LogP contribution in [0.2, 0.25) is 0 Å². The molecule has 0 saturated carbocycles. The van der Waals surface area contributed by atoms with Gasteiger partial charge in [-0.2, -0.15) is 0 Å². The fourth-order valence-electron chi connectivity index (χ4n) is 9.66. The Balaban J connectivity index is 1.27. The van der Waals surface area contributed by atoms with Gasteiger partial charge in [-0.05, 0) is 106 Å². The van der Waals surface area contributed by atoms with Crippen molar-refractivity contribution >= 4 is 86.4 Å². The van der Waals surface area contributed by atoms with Gasteiger partial charge in [-0.1, -0.05) is 170 Å². The van der Waals surface area contributed by atoms with Crippen molar-refractivity contribution in [2.75, 3.05) is 0 Å². The van der Waals surface area contributed by atoms with Gasteiger partial charge in [0.15, 0.2) is 0 Å². The number of hydrogen-bond donors (Lipinski definition) is 0. The third-order valence-corrected chi connectivity index (χ3v) is 11.9. The molecule has 11 aromatic carbocycles. The highest BCUT2D eigenvalue weighted by atomic mass is 15.0. The van der Waals surface area contributed by atoms with E-state index in [2.05, 4.69) is 205 Å². The summed E-state index contributed by atoms with van der Waals surface area (Å²) < 4.78 is 2.47. The quantitative estimate of drug-likeness (QED) is 0.128. The van der Waals surface area contributed by atoms with E-state index in [0.717, 1.165) is 0 Å². The second kappa shape index (κ2) is 11.6. The van der Waals surface area contributed by atoms with Gasteiger partial charge in [-0.3, -0.25) is 0 Å². The lowest BCUT2D eigenvalue weighted by molar-refractivity contribution is 1.19. The Bertz CT molecular complexity index is 3480. The number of fused-ring (bicyclic) bond motifs is 13. The Morgan fingerprint density at radius 1 is 0.291 bits per heavy atom. The van der Waals surface area contributed by atoms with E-state index < -0.39 is 0 Å². The van der Waals surface area contributed by atoms with Crippen LogP contribution in [0.4, 0.5) is 0 Å². The summed E-state index contributed by atoms with van der Waals surface area (Å²) in [5.74, 6) is 0. The van der Waals surface area contributed by atoms with Gasteiger partial charge < -0.3 is 4.57 Å². The van der Waals surface area contributed by atoms with Crippen molar-refractivity contribution in [2.24, 2.45) is 0 Å². The molecule has 0 N–H and O–H groups in total. The molecule has 0 unspecified atom stereocenters. The number of rotatable bonds is 3. The summed E-state index contributed by atoms with van der Waals surface area (Å²) in [6, 6.07) is 74.0. The van der Waals surface area contributed by atoms with Crippen LogP contribution < -0.4 is 0 Å². The van der Waals surface area contributed by atoms with E-state index in [0.29, 0.717) is 0 Å². The van der Waals surface area contributed by atoms with E-state index >= 15 is 0 Å². The predicted molar refractivity (Wildman–Crippen MR) is 237 cm³/mol. The molecule has 0 radical (unpaired) electrons. The molecule has 12 aromatic rings. The first-order valence-corrected chi connectivity index (χ1v) is 19.1. The van der Waals surface area contributed by atoms with Gasteiger partial charge in [-0.25, -0.2) is 0 Å². The lowest BCUT2D eigenvalue weighted by Crippen LogP contribution is -1.95. The number of hydrogen-bond acceptors (Lipinski definition) is 0. The van der Waals surface area contributed by atoms with Crippen LogP contribution in [0, 0.1) is 0 Å². The maximum atomic E-state index is 2.51. The van der Waals surface area contributed by atoms with Crippen LogP contribution in [0.25, 0.3) is 114 Å². The van der Waals surface area contributed by atoms with Crippen LogP contribution >= 0.6 is 0 Å². The maximum Gasteiger partial charge on any atom is 0.0626 e. The van der Waals surface area contributed by atoms with Crippen molar-refractivity contribution in [1.29, 1.82) is 0 Å². The normalized spacial score (nSPS) is 12.0. The molecule has 0 fully saturated rings. The molecule has 0 bridgehead atoms. The summed E-state index contributed by atoms with van der Waals surface area (Å²) in [6.45, 7) is 0. The molecular formula is C54H33N. The van der Waals surface area contributed by atoms with Crippen LogP contribution in [0.1, 0.15) is 0 Å². The zero-order valence-corrected chi connectivity index (χ0v) is 30.0. The third-order valence-electron chi connectivity index (χ3n) is 11.9. The molecule has 55 heavy (non-hydrogen) atoms. The number of benzene rings is 11. The van der Waals surface area contributed by atoms with Crippen molar-refractivity contribution in [2.45, 2.75) is 0 Å². The minimum absolute atomic E-state index is 1.17. The first kappa shape index (κ1) is 30.3. The van der Waals surface area contributed by atoms with Gasteiger partial charge in [0.2, 0.25) is 0 Å². The van der Waals surface area contributed by atoms with Gasteiger partial charge in [-0.15, -0.1) is 0 Å². The van der Waals surface area contributed by atoms with E-state index in [1.54, 1.807) is 0 Å². The Labute approximate surface area is 317 Å². The average Bonchev–Trinajstić information content (AvgIpc) is 3.61. The molecular weight excluding hydrogens is 663 g/mol. The summed E-state index contributed by atoms with van der Waals surface area (Å²) in [4.78, 5) is 0. The standard InChI is InChI=1S/C54H33N/c1-2-18-37(19-3-1)55-49-29-15-14-28-46(49)53-52-40-22-8-6-20-38(40)47(33-48(52)39-21-7-13-27-45(39)54(53)55)51-43-25-11-9-23-41(43)50(42-24-10-12-26-44(42)51)36-31-30-34-16-4-5-17-35(34)32-36/h1-33H. The van der Waals surface area contributed by atoms with E-state index in [9.17, 15) is 0 Å².